The summed E-state index contributed by atoms with van der Waals surface area (Å²) in [6.45, 7) is 5.37. The van der Waals surface area contributed by atoms with Gasteiger partial charge >= 0.3 is 0 Å². The number of imidazole rings is 2. The zero-order valence-corrected chi connectivity index (χ0v) is 23.2. The number of anilines is 2. The fourth-order valence-electron chi connectivity index (χ4n) is 6.74. The molecule has 0 bridgehead atoms. The van der Waals surface area contributed by atoms with Crippen LogP contribution in [0, 0.1) is 0 Å². The quantitative estimate of drug-likeness (QED) is 0.203. The van der Waals surface area contributed by atoms with E-state index in [-0.39, 0.29) is 0 Å². The van der Waals surface area contributed by atoms with E-state index >= 15 is 0 Å². The Kier molecular flexibility index (Phi) is 6.09. The number of hydrogen-bond donors (Lipinski definition) is 4. The molecule has 2 aliphatic rings. The van der Waals surface area contributed by atoms with Gasteiger partial charge in [0.2, 0.25) is 0 Å². The molecule has 4 N–H and O–H groups in total. The summed E-state index contributed by atoms with van der Waals surface area (Å²) in [5, 5.41) is 12.5. The van der Waals surface area contributed by atoms with Gasteiger partial charge in [0.05, 0.1) is 39.5 Å². The highest BCUT2D eigenvalue weighted by molar-refractivity contribution is 6.01. The fourth-order valence-corrected chi connectivity index (χ4v) is 6.74. The zero-order valence-electron chi connectivity index (χ0n) is 23.2. The number of aromatic amines is 3. The van der Waals surface area contributed by atoms with Crippen molar-refractivity contribution in [3.8, 4) is 11.5 Å². The van der Waals surface area contributed by atoms with Crippen LogP contribution in [-0.4, -0.2) is 67.3 Å². The first kappa shape index (κ1) is 24.4. The molecule has 9 heteroatoms. The van der Waals surface area contributed by atoms with E-state index < -0.39 is 0 Å². The van der Waals surface area contributed by atoms with Gasteiger partial charge in [-0.2, -0.15) is 5.10 Å². The molecule has 0 saturated carbocycles. The maximum absolute atomic E-state index is 4.94. The topological polar surface area (TPSA) is 105 Å². The Morgan fingerprint density at radius 2 is 1.61 bits per heavy atom. The molecule has 2 aliphatic heterocycles. The lowest BCUT2D eigenvalue weighted by Gasteiger charge is -2.41. The van der Waals surface area contributed by atoms with E-state index in [0.717, 1.165) is 75.1 Å². The van der Waals surface area contributed by atoms with Gasteiger partial charge in [0.1, 0.15) is 11.5 Å². The molecule has 0 spiro atoms. The van der Waals surface area contributed by atoms with E-state index in [9.17, 15) is 0 Å². The van der Waals surface area contributed by atoms with Gasteiger partial charge in [0, 0.05) is 30.5 Å². The van der Waals surface area contributed by atoms with Crippen LogP contribution in [0.1, 0.15) is 37.9 Å². The number of benzene rings is 3. The first-order valence-corrected chi connectivity index (χ1v) is 14.9. The summed E-state index contributed by atoms with van der Waals surface area (Å²) in [7, 11) is 0. The summed E-state index contributed by atoms with van der Waals surface area (Å²) in [6, 6.07) is 21.6. The molecule has 0 unspecified atom stereocenters. The number of fused-ring (bicyclic) bond motifs is 3. The first-order chi connectivity index (χ1) is 20.3. The smallest absolute Gasteiger partial charge is 0.159 e. The van der Waals surface area contributed by atoms with Crippen molar-refractivity contribution in [1.29, 1.82) is 0 Å². The highest BCUT2D eigenvalue weighted by atomic mass is 15.2. The lowest BCUT2D eigenvalue weighted by atomic mass is 9.99. The van der Waals surface area contributed by atoms with Crippen LogP contribution in [0.25, 0.3) is 44.5 Å². The van der Waals surface area contributed by atoms with Crippen molar-refractivity contribution in [2.75, 3.05) is 36.4 Å². The van der Waals surface area contributed by atoms with Crippen LogP contribution in [0.3, 0.4) is 0 Å². The summed E-state index contributed by atoms with van der Waals surface area (Å²) < 4.78 is 0. The van der Waals surface area contributed by atoms with Crippen molar-refractivity contribution in [3.05, 3.63) is 66.5 Å². The Morgan fingerprint density at radius 3 is 2.49 bits per heavy atom. The van der Waals surface area contributed by atoms with Crippen molar-refractivity contribution in [2.24, 2.45) is 0 Å². The predicted octanol–water partition coefficient (Wildman–Crippen LogP) is 6.05. The monoisotopic (exact) mass is 545 g/mol. The number of H-pyrrole nitrogens is 3. The molecule has 8 rings (SSSR count). The second-order valence-corrected chi connectivity index (χ2v) is 11.5. The van der Waals surface area contributed by atoms with Crippen LogP contribution in [0.4, 0.5) is 11.4 Å². The van der Waals surface area contributed by atoms with Gasteiger partial charge in [-0.1, -0.05) is 24.6 Å². The van der Waals surface area contributed by atoms with Crippen LogP contribution in [-0.2, 0) is 6.54 Å². The number of para-hydroxylation sites is 2. The Labute approximate surface area is 238 Å². The normalized spacial score (nSPS) is 17.2. The molecule has 9 nitrogen and oxygen atoms in total. The highest BCUT2D eigenvalue weighted by Crippen LogP contribution is 2.33. The van der Waals surface area contributed by atoms with E-state index in [2.05, 4.69) is 59.5 Å². The molecule has 2 saturated heterocycles. The van der Waals surface area contributed by atoms with Crippen molar-refractivity contribution < 1.29 is 0 Å². The number of nitrogens with one attached hydrogen (secondary N) is 4. The van der Waals surface area contributed by atoms with Crippen molar-refractivity contribution in [3.63, 3.8) is 0 Å². The van der Waals surface area contributed by atoms with Crippen molar-refractivity contribution in [1.82, 2.24) is 35.0 Å². The van der Waals surface area contributed by atoms with Gasteiger partial charge in [0.15, 0.2) is 5.82 Å². The molecule has 5 heterocycles. The minimum Gasteiger partial charge on any atom is -0.377 e. The van der Waals surface area contributed by atoms with Crippen LogP contribution < -0.4 is 10.2 Å². The maximum atomic E-state index is 4.94. The Morgan fingerprint density at radius 1 is 0.780 bits per heavy atom. The fraction of sp³-hybridized carbons (Fsp3) is 0.344. The SMILES string of the molecule is c1ccc2[nH]c(CNc3cccc4[nH]nc(-c5nc6ccc(N7CCC(N8CCCCC8)CC7)cc6[nH]5)c34)nc2c1. The van der Waals surface area contributed by atoms with Crippen molar-refractivity contribution >= 4 is 44.3 Å². The molecule has 3 aromatic carbocycles. The summed E-state index contributed by atoms with van der Waals surface area (Å²) in [6.07, 6.45) is 6.62. The van der Waals surface area contributed by atoms with E-state index in [0.29, 0.717) is 6.54 Å². The van der Waals surface area contributed by atoms with Gasteiger partial charge in [-0.05, 0) is 81.2 Å². The van der Waals surface area contributed by atoms with E-state index in [1.165, 1.54) is 50.9 Å². The van der Waals surface area contributed by atoms with Gasteiger partial charge in [-0.3, -0.25) is 5.10 Å². The minimum absolute atomic E-state index is 0.580. The molecule has 41 heavy (non-hydrogen) atoms. The first-order valence-electron chi connectivity index (χ1n) is 14.9. The van der Waals surface area contributed by atoms with Crippen LogP contribution in [0.2, 0.25) is 0 Å². The largest absolute Gasteiger partial charge is 0.377 e. The molecule has 6 aromatic rings. The molecule has 2 fully saturated rings. The summed E-state index contributed by atoms with van der Waals surface area (Å²) in [4.78, 5) is 21.9. The summed E-state index contributed by atoms with van der Waals surface area (Å²) in [5.74, 6) is 1.66. The molecule has 0 radical (unpaired) electrons. The van der Waals surface area contributed by atoms with E-state index in [1.54, 1.807) is 0 Å². The van der Waals surface area contributed by atoms with Crippen molar-refractivity contribution in [2.45, 2.75) is 44.7 Å². The van der Waals surface area contributed by atoms with Crippen LogP contribution in [0.5, 0.6) is 0 Å². The standard InChI is InChI=1S/C32H35N9/c1-4-15-40(16-5-1)21-13-17-41(18-14-21)22-11-12-25-28(19-22)37-32(36-25)31-30-26(9-6-10-27(30)38-39-31)33-20-29-34-23-7-2-3-8-24(23)35-29/h2-3,6-12,19,21,33H,1,4-5,13-18,20H2,(H,34,35)(H,36,37)(H,38,39). The van der Waals surface area contributed by atoms with E-state index in [1.807, 2.05) is 36.4 Å². The second-order valence-electron chi connectivity index (χ2n) is 11.5. The van der Waals surface area contributed by atoms with E-state index in [4.69, 9.17) is 9.97 Å². The number of hydrogen-bond acceptors (Lipinski definition) is 6. The molecular weight excluding hydrogens is 510 g/mol. The average molecular weight is 546 g/mol. The highest BCUT2D eigenvalue weighted by Gasteiger charge is 2.26. The molecule has 3 aromatic heterocycles. The third-order valence-electron chi connectivity index (χ3n) is 8.90. The minimum atomic E-state index is 0.580. The Hall–Kier alpha value is -4.37. The second kappa shape index (κ2) is 10.2. The Balaban J connectivity index is 1.03. The molecule has 0 amide bonds. The number of nitrogens with zero attached hydrogens (tertiary/aromatic N) is 5. The van der Waals surface area contributed by atoms with Gasteiger partial charge in [-0.15, -0.1) is 0 Å². The summed E-state index contributed by atoms with van der Waals surface area (Å²) >= 11 is 0. The molecule has 0 atom stereocenters. The molecular formula is C32H35N9. The van der Waals surface area contributed by atoms with Gasteiger partial charge in [-0.25, -0.2) is 9.97 Å². The average Bonchev–Trinajstić information content (AvgIpc) is 3.76. The predicted molar refractivity (Wildman–Crippen MR) is 165 cm³/mol. The van der Waals surface area contributed by atoms with Crippen LogP contribution in [0.15, 0.2) is 60.7 Å². The number of rotatable bonds is 6. The third kappa shape index (κ3) is 4.60. The summed E-state index contributed by atoms with van der Waals surface area (Å²) in [5.41, 5.74) is 8.05. The molecule has 0 aliphatic carbocycles. The number of likely N-dealkylation sites (tertiary alicyclic amines) is 1. The third-order valence-corrected chi connectivity index (χ3v) is 8.90. The maximum Gasteiger partial charge on any atom is 0.159 e. The molecule has 208 valence electrons. The van der Waals surface area contributed by atoms with Gasteiger partial charge < -0.3 is 25.1 Å². The number of aromatic nitrogens is 6. The number of piperidine rings is 2. The van der Waals surface area contributed by atoms with Gasteiger partial charge in [0.25, 0.3) is 0 Å². The lowest BCUT2D eigenvalue weighted by molar-refractivity contribution is 0.141. The van der Waals surface area contributed by atoms with Crippen LogP contribution >= 0.6 is 0 Å². The lowest BCUT2D eigenvalue weighted by Crippen LogP contribution is -2.46. The zero-order chi connectivity index (χ0) is 27.2. The Bertz CT molecular complexity index is 1780.